The molecular formula is C16H20N2O5. The van der Waals surface area contributed by atoms with Gasteiger partial charge in [0.1, 0.15) is 0 Å². The summed E-state index contributed by atoms with van der Waals surface area (Å²) in [5.74, 6) is -1.31. The van der Waals surface area contributed by atoms with Crippen LogP contribution in [-0.4, -0.2) is 74.0 Å². The van der Waals surface area contributed by atoms with Gasteiger partial charge in [0.05, 0.1) is 26.4 Å². The summed E-state index contributed by atoms with van der Waals surface area (Å²) in [4.78, 5) is 27.4. The van der Waals surface area contributed by atoms with Gasteiger partial charge in [-0.2, -0.15) is 0 Å². The summed E-state index contributed by atoms with van der Waals surface area (Å²) in [5, 5.41) is 9.23. The number of carboxylic acids is 1. The number of hydrogen-bond acceptors (Lipinski definition) is 5. The SMILES string of the molecule is O=C(O)C1COCCN1C(=O)c1ccc(N2CCOCC2)cc1. The summed E-state index contributed by atoms with van der Waals surface area (Å²) in [6.07, 6.45) is 0. The van der Waals surface area contributed by atoms with Crippen LogP contribution in [0, 0.1) is 0 Å². The second-order valence-electron chi connectivity index (χ2n) is 5.57. The highest BCUT2D eigenvalue weighted by Gasteiger charge is 2.33. The molecule has 7 heteroatoms. The molecule has 1 aromatic carbocycles. The number of aliphatic carboxylic acids is 1. The highest BCUT2D eigenvalue weighted by atomic mass is 16.5. The summed E-state index contributed by atoms with van der Waals surface area (Å²) < 4.78 is 10.5. The van der Waals surface area contributed by atoms with Crippen molar-refractivity contribution in [2.24, 2.45) is 0 Å². The first-order valence-electron chi connectivity index (χ1n) is 7.71. The van der Waals surface area contributed by atoms with E-state index in [1.54, 1.807) is 12.1 Å². The van der Waals surface area contributed by atoms with Crippen molar-refractivity contribution in [3.05, 3.63) is 29.8 Å². The molecule has 0 aliphatic carbocycles. The molecule has 0 aromatic heterocycles. The van der Waals surface area contributed by atoms with Gasteiger partial charge in [0.2, 0.25) is 0 Å². The maximum atomic E-state index is 12.6. The molecule has 2 fully saturated rings. The summed E-state index contributed by atoms with van der Waals surface area (Å²) in [7, 11) is 0. The maximum absolute atomic E-state index is 12.6. The summed E-state index contributed by atoms with van der Waals surface area (Å²) in [6, 6.07) is 6.38. The van der Waals surface area contributed by atoms with Crippen molar-refractivity contribution >= 4 is 17.6 Å². The second-order valence-corrected chi connectivity index (χ2v) is 5.57. The minimum absolute atomic E-state index is 0.0347. The Bertz CT molecular complexity index is 568. The van der Waals surface area contributed by atoms with Crippen LogP contribution in [0.1, 0.15) is 10.4 Å². The lowest BCUT2D eigenvalue weighted by Crippen LogP contribution is -2.52. The molecule has 1 atom stereocenters. The molecule has 0 bridgehead atoms. The average Bonchev–Trinajstić information content (AvgIpc) is 2.62. The molecule has 0 saturated carbocycles. The van der Waals surface area contributed by atoms with Crippen molar-refractivity contribution in [3.8, 4) is 0 Å². The molecule has 23 heavy (non-hydrogen) atoms. The fraction of sp³-hybridized carbons (Fsp3) is 0.500. The predicted molar refractivity (Wildman–Crippen MR) is 82.8 cm³/mol. The normalized spacial score (nSPS) is 22.0. The zero-order chi connectivity index (χ0) is 16.2. The Kier molecular flexibility index (Phi) is 4.78. The third kappa shape index (κ3) is 3.46. The number of hydrogen-bond donors (Lipinski definition) is 1. The molecule has 1 amide bonds. The van der Waals surface area contributed by atoms with E-state index in [-0.39, 0.29) is 12.5 Å². The lowest BCUT2D eigenvalue weighted by molar-refractivity contribution is -0.147. The van der Waals surface area contributed by atoms with Crippen LogP contribution in [0.5, 0.6) is 0 Å². The standard InChI is InChI=1S/C16H20N2O5/c19-15(18-7-10-23-11-14(18)16(20)21)12-1-3-13(4-2-12)17-5-8-22-9-6-17/h1-4,14H,5-11H2,(H,20,21). The van der Waals surface area contributed by atoms with E-state index in [0.717, 1.165) is 18.8 Å². The molecule has 2 saturated heterocycles. The van der Waals surface area contributed by atoms with Crippen molar-refractivity contribution in [2.45, 2.75) is 6.04 Å². The highest BCUT2D eigenvalue weighted by molar-refractivity contribution is 5.97. The molecule has 2 aliphatic rings. The minimum Gasteiger partial charge on any atom is -0.480 e. The molecule has 1 unspecified atom stereocenters. The molecule has 0 spiro atoms. The topological polar surface area (TPSA) is 79.3 Å². The molecule has 1 aromatic rings. The van der Waals surface area contributed by atoms with Gasteiger partial charge in [-0.3, -0.25) is 4.79 Å². The molecule has 7 nitrogen and oxygen atoms in total. The zero-order valence-corrected chi connectivity index (χ0v) is 12.8. The van der Waals surface area contributed by atoms with E-state index in [4.69, 9.17) is 9.47 Å². The lowest BCUT2D eigenvalue weighted by atomic mass is 10.1. The number of carboxylic acid groups (broad SMARTS) is 1. The largest absolute Gasteiger partial charge is 0.480 e. The number of nitrogens with zero attached hydrogens (tertiary/aromatic N) is 2. The minimum atomic E-state index is -1.04. The Morgan fingerprint density at radius 2 is 1.65 bits per heavy atom. The number of rotatable bonds is 3. The van der Waals surface area contributed by atoms with Gasteiger partial charge in [0, 0.05) is 30.9 Å². The number of morpholine rings is 2. The van der Waals surface area contributed by atoms with Crippen LogP contribution in [0.4, 0.5) is 5.69 Å². The van der Waals surface area contributed by atoms with E-state index in [9.17, 15) is 14.7 Å². The predicted octanol–water partition coefficient (Wildman–Crippen LogP) is 0.449. The number of amides is 1. The third-order valence-electron chi connectivity index (χ3n) is 4.16. The van der Waals surface area contributed by atoms with Gasteiger partial charge >= 0.3 is 5.97 Å². The van der Waals surface area contributed by atoms with E-state index in [1.165, 1.54) is 4.90 Å². The van der Waals surface area contributed by atoms with Gasteiger partial charge in [0.25, 0.3) is 5.91 Å². The molecule has 2 aliphatic heterocycles. The van der Waals surface area contributed by atoms with Crippen LogP contribution in [0.25, 0.3) is 0 Å². The van der Waals surface area contributed by atoms with Crippen LogP contribution < -0.4 is 4.90 Å². The first-order chi connectivity index (χ1) is 11.2. The molecule has 1 N–H and O–H groups in total. The van der Waals surface area contributed by atoms with E-state index in [2.05, 4.69) is 4.90 Å². The Hall–Kier alpha value is -2.12. The van der Waals surface area contributed by atoms with Gasteiger partial charge in [0.15, 0.2) is 6.04 Å². The molecule has 3 rings (SSSR count). The molecular weight excluding hydrogens is 300 g/mol. The van der Waals surface area contributed by atoms with E-state index in [0.29, 0.717) is 31.9 Å². The third-order valence-corrected chi connectivity index (χ3v) is 4.16. The van der Waals surface area contributed by atoms with Gasteiger partial charge in [-0.25, -0.2) is 4.79 Å². The van der Waals surface area contributed by atoms with Gasteiger partial charge in [-0.1, -0.05) is 0 Å². The molecule has 124 valence electrons. The van der Waals surface area contributed by atoms with Crippen LogP contribution in [0.2, 0.25) is 0 Å². The van der Waals surface area contributed by atoms with Crippen molar-refractivity contribution in [3.63, 3.8) is 0 Å². The molecule has 2 heterocycles. The van der Waals surface area contributed by atoms with Crippen molar-refractivity contribution < 1.29 is 24.2 Å². The highest BCUT2D eigenvalue weighted by Crippen LogP contribution is 2.19. The lowest BCUT2D eigenvalue weighted by Gasteiger charge is -2.33. The fourth-order valence-corrected chi connectivity index (χ4v) is 2.85. The summed E-state index contributed by atoms with van der Waals surface area (Å²) in [6.45, 7) is 3.76. The van der Waals surface area contributed by atoms with Crippen LogP contribution >= 0.6 is 0 Å². The summed E-state index contributed by atoms with van der Waals surface area (Å²) in [5.41, 5.74) is 1.54. The summed E-state index contributed by atoms with van der Waals surface area (Å²) >= 11 is 0. The van der Waals surface area contributed by atoms with Gasteiger partial charge in [-0.05, 0) is 24.3 Å². The van der Waals surface area contributed by atoms with E-state index < -0.39 is 12.0 Å². The maximum Gasteiger partial charge on any atom is 0.328 e. The van der Waals surface area contributed by atoms with Crippen LogP contribution in [0.3, 0.4) is 0 Å². The zero-order valence-electron chi connectivity index (χ0n) is 12.8. The van der Waals surface area contributed by atoms with Crippen molar-refractivity contribution in [1.82, 2.24) is 4.90 Å². The average molecular weight is 320 g/mol. The van der Waals surface area contributed by atoms with E-state index in [1.807, 2.05) is 12.1 Å². The Morgan fingerprint density at radius 3 is 2.30 bits per heavy atom. The fourth-order valence-electron chi connectivity index (χ4n) is 2.85. The number of ether oxygens (including phenoxy) is 2. The number of carbonyl (C=O) groups is 2. The van der Waals surface area contributed by atoms with Gasteiger partial charge < -0.3 is 24.4 Å². The first kappa shape index (κ1) is 15.8. The first-order valence-corrected chi connectivity index (χ1v) is 7.71. The molecule has 0 radical (unpaired) electrons. The van der Waals surface area contributed by atoms with Crippen LogP contribution in [-0.2, 0) is 14.3 Å². The van der Waals surface area contributed by atoms with Crippen molar-refractivity contribution in [1.29, 1.82) is 0 Å². The second kappa shape index (κ2) is 6.97. The number of anilines is 1. The monoisotopic (exact) mass is 320 g/mol. The quantitative estimate of drug-likeness (QED) is 0.871. The van der Waals surface area contributed by atoms with Crippen LogP contribution in [0.15, 0.2) is 24.3 Å². The number of benzene rings is 1. The Labute approximate surface area is 134 Å². The van der Waals surface area contributed by atoms with Gasteiger partial charge in [-0.15, -0.1) is 0 Å². The Balaban J connectivity index is 1.72. The number of carbonyl (C=O) groups excluding carboxylic acids is 1. The van der Waals surface area contributed by atoms with E-state index >= 15 is 0 Å². The smallest absolute Gasteiger partial charge is 0.328 e. The Morgan fingerprint density at radius 1 is 1.00 bits per heavy atom. The van der Waals surface area contributed by atoms with Crippen molar-refractivity contribution in [2.75, 3.05) is 51.0 Å².